The molecule has 0 nitrogen and oxygen atoms in total. The summed E-state index contributed by atoms with van der Waals surface area (Å²) in [7, 11) is 0. The Morgan fingerprint density at radius 1 is 0.520 bits per heavy atom. The molecule has 0 radical (unpaired) electrons. The number of fused-ring (bicyclic) bond motifs is 2. The first kappa shape index (κ1) is 19.8. The summed E-state index contributed by atoms with van der Waals surface area (Å²) < 4.78 is 0. The zero-order valence-electron chi connectivity index (χ0n) is 16.1. The van der Waals surface area contributed by atoms with Gasteiger partial charge in [-0.25, -0.2) is 0 Å². The van der Waals surface area contributed by atoms with Gasteiger partial charge in [-0.3, -0.25) is 0 Å². The van der Waals surface area contributed by atoms with E-state index in [4.69, 9.17) is 0 Å². The minimum Gasteiger partial charge on any atom is -0.165 e. The van der Waals surface area contributed by atoms with Crippen LogP contribution in [0.4, 0.5) is 0 Å². The quantitative estimate of drug-likeness (QED) is 0.184. The van der Waals surface area contributed by atoms with E-state index in [2.05, 4.69) is 90.1 Å². The van der Waals surface area contributed by atoms with Gasteiger partial charge in [0.15, 0.2) is 0 Å². The van der Waals surface area contributed by atoms with Gasteiger partial charge in [0.1, 0.15) is 0 Å². The summed E-state index contributed by atoms with van der Waals surface area (Å²) in [6.45, 7) is 13.0. The summed E-state index contributed by atoms with van der Waals surface area (Å²) in [6, 6.07) is 17.8. The molecular formula is C24H26Hf-2. The van der Waals surface area contributed by atoms with E-state index in [-0.39, 0.29) is 25.8 Å². The van der Waals surface area contributed by atoms with Crippen LogP contribution < -0.4 is 0 Å². The number of hydrogen-bond acceptors (Lipinski definition) is 0. The fourth-order valence-corrected chi connectivity index (χ4v) is 3.47. The van der Waals surface area contributed by atoms with Crippen LogP contribution in [0.1, 0.15) is 33.4 Å². The number of hydrogen-bond donors (Lipinski definition) is 0. The average Bonchev–Trinajstić information content (AvgIpc) is 3.12. The van der Waals surface area contributed by atoms with Crippen molar-refractivity contribution in [2.75, 3.05) is 0 Å². The number of aryl methyl sites for hydroxylation is 6. The third-order valence-electron chi connectivity index (χ3n) is 4.93. The predicted octanol–water partition coefficient (Wildman–Crippen LogP) is 6.97. The molecule has 4 aromatic carbocycles. The standard InChI is InChI=1S/2C12H13.Hf/c2*1-8-6-11-9(2)4-5-10(3)12(11)7-8;/h2*4-7H,1-3H3;/q2*-1;. The molecule has 0 amide bonds. The molecule has 4 aromatic rings. The molecular weight excluding hydrogens is 467 g/mol. The number of rotatable bonds is 0. The molecule has 0 unspecified atom stereocenters. The van der Waals surface area contributed by atoms with Crippen LogP contribution in [0.15, 0.2) is 48.5 Å². The van der Waals surface area contributed by atoms with Crippen molar-refractivity contribution in [1.82, 2.24) is 0 Å². The van der Waals surface area contributed by atoms with Gasteiger partial charge in [-0.1, -0.05) is 51.0 Å². The van der Waals surface area contributed by atoms with Crippen LogP contribution >= 0.6 is 0 Å². The third-order valence-corrected chi connectivity index (χ3v) is 4.93. The van der Waals surface area contributed by atoms with Crippen LogP contribution in [0, 0.1) is 41.5 Å². The molecule has 0 N–H and O–H groups in total. The van der Waals surface area contributed by atoms with Crippen molar-refractivity contribution in [2.45, 2.75) is 41.5 Å². The molecule has 0 aliphatic carbocycles. The Bertz CT molecular complexity index is 850. The van der Waals surface area contributed by atoms with Gasteiger partial charge in [-0.15, -0.1) is 68.1 Å². The van der Waals surface area contributed by atoms with E-state index in [1.54, 1.807) is 0 Å². The van der Waals surface area contributed by atoms with Crippen molar-refractivity contribution < 1.29 is 25.8 Å². The van der Waals surface area contributed by atoms with Crippen LogP contribution in [-0.4, -0.2) is 0 Å². The fourth-order valence-electron chi connectivity index (χ4n) is 3.47. The van der Waals surface area contributed by atoms with E-state index >= 15 is 0 Å². The average molecular weight is 493 g/mol. The second-order valence-corrected chi connectivity index (χ2v) is 7.12. The molecule has 1 heteroatoms. The second-order valence-electron chi connectivity index (χ2n) is 7.12. The van der Waals surface area contributed by atoms with Crippen molar-refractivity contribution in [2.24, 2.45) is 0 Å². The van der Waals surface area contributed by atoms with E-state index < -0.39 is 0 Å². The number of benzene rings is 2. The predicted molar refractivity (Wildman–Crippen MR) is 108 cm³/mol. The fraction of sp³-hybridized carbons (Fsp3) is 0.250. The van der Waals surface area contributed by atoms with Crippen LogP contribution in [0.3, 0.4) is 0 Å². The Balaban J connectivity index is 0.000000173. The van der Waals surface area contributed by atoms with E-state index in [0.29, 0.717) is 0 Å². The Morgan fingerprint density at radius 3 is 1.16 bits per heavy atom. The molecule has 0 aromatic heterocycles. The molecule has 0 saturated carbocycles. The zero-order chi connectivity index (χ0) is 17.4. The largest absolute Gasteiger partial charge is 0.165 e. The first-order valence-corrected chi connectivity index (χ1v) is 8.63. The van der Waals surface area contributed by atoms with Crippen molar-refractivity contribution in [3.8, 4) is 0 Å². The molecule has 0 aliphatic rings. The molecule has 0 aliphatic heterocycles. The maximum Gasteiger partial charge on any atom is 0 e. The van der Waals surface area contributed by atoms with Crippen LogP contribution in [0.5, 0.6) is 0 Å². The Kier molecular flexibility index (Phi) is 6.21. The van der Waals surface area contributed by atoms with Crippen molar-refractivity contribution in [3.05, 3.63) is 81.9 Å². The van der Waals surface area contributed by atoms with Gasteiger partial charge in [0, 0.05) is 25.8 Å². The van der Waals surface area contributed by atoms with Gasteiger partial charge in [-0.2, -0.15) is 12.1 Å². The SMILES string of the molecule is Cc1cc2c(C)ccc(C)c2[cH-]1.Cc1cc2c(C)ccc(C)c2[cH-]1.[Hf]. The van der Waals surface area contributed by atoms with Crippen LogP contribution in [0.25, 0.3) is 21.5 Å². The van der Waals surface area contributed by atoms with Crippen LogP contribution in [0.2, 0.25) is 0 Å². The summed E-state index contributed by atoms with van der Waals surface area (Å²) in [5.74, 6) is 0. The van der Waals surface area contributed by atoms with Gasteiger partial charge in [0.25, 0.3) is 0 Å². The van der Waals surface area contributed by atoms with Crippen molar-refractivity contribution in [1.29, 1.82) is 0 Å². The third kappa shape index (κ3) is 4.03. The monoisotopic (exact) mass is 494 g/mol. The summed E-state index contributed by atoms with van der Waals surface area (Å²) in [6.07, 6.45) is 0. The zero-order valence-corrected chi connectivity index (χ0v) is 19.7. The second kappa shape index (κ2) is 7.83. The first-order valence-electron chi connectivity index (χ1n) is 8.63. The molecule has 4 rings (SSSR count). The molecule has 25 heavy (non-hydrogen) atoms. The molecule has 0 heterocycles. The van der Waals surface area contributed by atoms with E-state index in [0.717, 1.165) is 0 Å². The molecule has 0 bridgehead atoms. The maximum atomic E-state index is 2.26. The topological polar surface area (TPSA) is 0 Å². The molecule has 128 valence electrons. The Hall–Kier alpha value is -1.47. The van der Waals surface area contributed by atoms with Gasteiger partial charge in [0.05, 0.1) is 0 Å². The Labute approximate surface area is 170 Å². The summed E-state index contributed by atoms with van der Waals surface area (Å²) in [5, 5.41) is 5.64. The van der Waals surface area contributed by atoms with Gasteiger partial charge in [0.2, 0.25) is 0 Å². The smallest absolute Gasteiger partial charge is 0 e. The minimum absolute atomic E-state index is 0. The first-order chi connectivity index (χ1) is 11.4. The maximum absolute atomic E-state index is 2.26. The minimum atomic E-state index is 0. The van der Waals surface area contributed by atoms with Crippen molar-refractivity contribution in [3.63, 3.8) is 0 Å². The van der Waals surface area contributed by atoms with Crippen molar-refractivity contribution >= 4 is 21.5 Å². The van der Waals surface area contributed by atoms with E-state index in [1.807, 2.05) is 0 Å². The normalized spacial score (nSPS) is 10.5. The molecule has 0 atom stereocenters. The van der Waals surface area contributed by atoms with Gasteiger partial charge < -0.3 is 0 Å². The van der Waals surface area contributed by atoms with Gasteiger partial charge >= 0.3 is 0 Å². The van der Waals surface area contributed by atoms with Gasteiger partial charge in [-0.05, 0) is 13.8 Å². The summed E-state index contributed by atoms with van der Waals surface area (Å²) >= 11 is 0. The molecule has 0 fully saturated rings. The summed E-state index contributed by atoms with van der Waals surface area (Å²) in [4.78, 5) is 0. The molecule has 0 saturated heterocycles. The molecule has 0 spiro atoms. The van der Waals surface area contributed by atoms with E-state index in [1.165, 1.54) is 54.9 Å². The Morgan fingerprint density at radius 2 is 0.840 bits per heavy atom. The van der Waals surface area contributed by atoms with E-state index in [9.17, 15) is 0 Å². The van der Waals surface area contributed by atoms with Crippen LogP contribution in [-0.2, 0) is 25.8 Å². The summed E-state index contributed by atoms with van der Waals surface area (Å²) in [5.41, 5.74) is 8.24.